The molecule has 0 aromatic heterocycles. The summed E-state index contributed by atoms with van der Waals surface area (Å²) in [5, 5.41) is 8.35. The Morgan fingerprint density at radius 1 is 1.08 bits per heavy atom. The largest absolute Gasteiger partial charge is 0.379 e. The van der Waals surface area contributed by atoms with Gasteiger partial charge in [0.2, 0.25) is 5.91 Å². The summed E-state index contributed by atoms with van der Waals surface area (Å²) >= 11 is 0. The summed E-state index contributed by atoms with van der Waals surface area (Å²) in [6.45, 7) is 4.61. The fourth-order valence-electron chi connectivity index (χ4n) is 5.24. The molecule has 210 valence electrons. The average Bonchev–Trinajstić information content (AvgIpc) is 2.94. The molecule has 9 nitrogen and oxygen atoms in total. The lowest BCUT2D eigenvalue weighted by atomic mass is 9.91. The highest BCUT2D eigenvalue weighted by Gasteiger charge is 2.28. The maximum Gasteiger partial charge on any atom is 0.319 e. The Morgan fingerprint density at radius 3 is 2.59 bits per heavy atom. The van der Waals surface area contributed by atoms with Crippen LogP contribution in [0.4, 0.5) is 14.9 Å². The highest BCUT2D eigenvalue weighted by atomic mass is 19.1. The highest BCUT2D eigenvalue weighted by Crippen LogP contribution is 2.22. The van der Waals surface area contributed by atoms with Gasteiger partial charge < -0.3 is 25.6 Å². The van der Waals surface area contributed by atoms with Gasteiger partial charge in [-0.25, -0.2) is 9.18 Å². The van der Waals surface area contributed by atoms with E-state index in [4.69, 9.17) is 4.74 Å². The molecule has 0 bridgehead atoms. The Kier molecular flexibility index (Phi) is 10.3. The number of morpholine rings is 1. The fraction of sp³-hybridized carbons (Fsp3) is 0.483. The van der Waals surface area contributed by atoms with Gasteiger partial charge in [0, 0.05) is 57.4 Å². The number of ether oxygens (including phenoxy) is 1. The number of nitrogens with zero attached hydrogens (tertiary/aromatic N) is 2. The highest BCUT2D eigenvalue weighted by molar-refractivity contribution is 5.96. The average molecular weight is 540 g/mol. The van der Waals surface area contributed by atoms with Crippen LogP contribution in [0.3, 0.4) is 0 Å². The summed E-state index contributed by atoms with van der Waals surface area (Å²) in [4.78, 5) is 42.4. The van der Waals surface area contributed by atoms with Crippen molar-refractivity contribution in [2.75, 3.05) is 58.3 Å². The molecule has 2 aromatic carbocycles. The lowest BCUT2D eigenvalue weighted by Gasteiger charge is -2.35. The molecule has 2 atom stereocenters. The molecule has 4 rings (SSSR count). The van der Waals surface area contributed by atoms with Crippen LogP contribution in [-0.4, -0.2) is 86.7 Å². The van der Waals surface area contributed by atoms with Crippen LogP contribution in [0.15, 0.2) is 48.5 Å². The van der Waals surface area contributed by atoms with Crippen molar-refractivity contribution in [3.8, 4) is 0 Å². The third kappa shape index (κ3) is 8.76. The maximum atomic E-state index is 13.4. The van der Waals surface area contributed by atoms with E-state index in [-0.39, 0.29) is 24.1 Å². The van der Waals surface area contributed by atoms with Crippen molar-refractivity contribution in [3.63, 3.8) is 0 Å². The lowest BCUT2D eigenvalue weighted by Crippen LogP contribution is -2.51. The normalized spacial score (nSPS) is 18.7. The maximum absolute atomic E-state index is 13.4. The number of anilines is 1. The van der Waals surface area contributed by atoms with Crippen molar-refractivity contribution in [3.05, 3.63) is 65.5 Å². The lowest BCUT2D eigenvalue weighted by molar-refractivity contribution is -0.133. The van der Waals surface area contributed by atoms with Gasteiger partial charge in [0.25, 0.3) is 5.91 Å². The smallest absolute Gasteiger partial charge is 0.319 e. The first-order valence-electron chi connectivity index (χ1n) is 13.6. The second-order valence-electron chi connectivity index (χ2n) is 10.3. The van der Waals surface area contributed by atoms with E-state index in [0.717, 1.165) is 37.9 Å². The minimum absolute atomic E-state index is 0.0129. The minimum atomic E-state index is -0.428. The predicted molar refractivity (Wildman–Crippen MR) is 147 cm³/mol. The molecular weight excluding hydrogens is 501 g/mol. The number of urea groups is 1. The van der Waals surface area contributed by atoms with Crippen LogP contribution in [0.2, 0.25) is 0 Å². The molecule has 2 heterocycles. The second kappa shape index (κ2) is 14.0. The number of carbonyl (C=O) groups excluding carboxylic acids is 3. The molecule has 4 amide bonds. The third-order valence-electron chi connectivity index (χ3n) is 7.26. The van der Waals surface area contributed by atoms with Gasteiger partial charge in [-0.3, -0.25) is 14.5 Å². The molecule has 3 N–H and O–H groups in total. The van der Waals surface area contributed by atoms with Crippen molar-refractivity contribution in [1.82, 2.24) is 20.4 Å². The van der Waals surface area contributed by atoms with Crippen LogP contribution in [0.5, 0.6) is 0 Å². The molecule has 2 aliphatic rings. The number of amides is 4. The van der Waals surface area contributed by atoms with Gasteiger partial charge >= 0.3 is 6.03 Å². The number of benzene rings is 2. The fourth-order valence-corrected chi connectivity index (χ4v) is 5.24. The Hall–Kier alpha value is -3.50. The second-order valence-corrected chi connectivity index (χ2v) is 10.3. The molecule has 2 unspecified atom stereocenters. The molecule has 2 aromatic rings. The van der Waals surface area contributed by atoms with E-state index < -0.39 is 12.1 Å². The zero-order valence-corrected chi connectivity index (χ0v) is 22.5. The molecule has 2 fully saturated rings. The van der Waals surface area contributed by atoms with Crippen molar-refractivity contribution in [2.45, 2.75) is 31.7 Å². The van der Waals surface area contributed by atoms with Crippen molar-refractivity contribution >= 4 is 23.5 Å². The molecule has 0 radical (unpaired) electrons. The zero-order chi connectivity index (χ0) is 27.6. The van der Waals surface area contributed by atoms with E-state index in [0.29, 0.717) is 50.0 Å². The van der Waals surface area contributed by atoms with Gasteiger partial charge in [0.05, 0.1) is 19.3 Å². The van der Waals surface area contributed by atoms with E-state index >= 15 is 0 Å². The molecule has 0 saturated carbocycles. The molecule has 2 aliphatic heterocycles. The number of halogens is 1. The molecule has 2 saturated heterocycles. The first-order valence-corrected chi connectivity index (χ1v) is 13.6. The summed E-state index contributed by atoms with van der Waals surface area (Å²) in [6, 6.07) is 12.4. The summed E-state index contributed by atoms with van der Waals surface area (Å²) in [7, 11) is 1.55. The molecule has 39 heavy (non-hydrogen) atoms. The number of rotatable bonds is 9. The number of carbonyl (C=O) groups is 3. The van der Waals surface area contributed by atoms with Crippen molar-refractivity contribution < 1.29 is 23.5 Å². The van der Waals surface area contributed by atoms with Gasteiger partial charge in [-0.15, -0.1) is 0 Å². The minimum Gasteiger partial charge on any atom is -0.379 e. The van der Waals surface area contributed by atoms with Crippen LogP contribution in [-0.2, 0) is 16.0 Å². The van der Waals surface area contributed by atoms with Crippen LogP contribution < -0.4 is 16.0 Å². The number of hydrogen-bond acceptors (Lipinski definition) is 5. The molecule has 0 aliphatic carbocycles. The van der Waals surface area contributed by atoms with Crippen LogP contribution >= 0.6 is 0 Å². The molecule has 0 spiro atoms. The van der Waals surface area contributed by atoms with E-state index in [2.05, 4.69) is 20.9 Å². The molecule has 10 heteroatoms. The number of hydrogen-bond donors (Lipinski definition) is 3. The van der Waals surface area contributed by atoms with Crippen molar-refractivity contribution in [2.24, 2.45) is 5.92 Å². The Labute approximate surface area is 229 Å². The van der Waals surface area contributed by atoms with Gasteiger partial charge in [-0.1, -0.05) is 18.2 Å². The van der Waals surface area contributed by atoms with E-state index in [1.807, 2.05) is 4.90 Å². The van der Waals surface area contributed by atoms with Gasteiger partial charge in [0.15, 0.2) is 0 Å². The van der Waals surface area contributed by atoms with Gasteiger partial charge in [0.1, 0.15) is 5.82 Å². The van der Waals surface area contributed by atoms with Crippen LogP contribution in [0.1, 0.15) is 35.2 Å². The Bertz CT molecular complexity index is 1120. The standard InChI is InChI=1S/C29H38FN5O4/c1-31-28(37)23-5-2-6-25(17-23)32-29(38)33-26(20-34-12-14-39-15-13-34)18-27(36)35-11-3-4-22(19-35)16-21-7-9-24(30)10-8-21/h2,5-10,17,22,26H,3-4,11-16,18-20H2,1H3,(H,31,37)(H2,32,33,38). The summed E-state index contributed by atoms with van der Waals surface area (Å²) in [5.41, 5.74) is 2.00. The van der Waals surface area contributed by atoms with Crippen LogP contribution in [0.25, 0.3) is 0 Å². The number of likely N-dealkylation sites (tertiary alicyclic amines) is 1. The Morgan fingerprint density at radius 2 is 1.85 bits per heavy atom. The zero-order valence-electron chi connectivity index (χ0n) is 22.5. The summed E-state index contributed by atoms with van der Waals surface area (Å²) in [6.07, 6.45) is 2.93. The Balaban J connectivity index is 1.37. The van der Waals surface area contributed by atoms with E-state index in [1.54, 1.807) is 43.4 Å². The van der Waals surface area contributed by atoms with E-state index in [9.17, 15) is 18.8 Å². The number of nitrogens with one attached hydrogen (secondary N) is 3. The van der Waals surface area contributed by atoms with Crippen LogP contribution in [0, 0.1) is 11.7 Å². The first-order chi connectivity index (χ1) is 18.9. The van der Waals surface area contributed by atoms with Gasteiger partial charge in [-0.05, 0) is 61.1 Å². The number of piperidine rings is 1. The predicted octanol–water partition coefficient (Wildman–Crippen LogP) is 2.88. The van der Waals surface area contributed by atoms with E-state index in [1.165, 1.54) is 12.1 Å². The monoisotopic (exact) mass is 539 g/mol. The SMILES string of the molecule is CNC(=O)c1cccc(NC(=O)NC(CC(=O)N2CCCC(Cc3ccc(F)cc3)C2)CN2CCOCC2)c1. The van der Waals surface area contributed by atoms with Gasteiger partial charge in [-0.2, -0.15) is 0 Å². The third-order valence-corrected chi connectivity index (χ3v) is 7.26. The summed E-state index contributed by atoms with van der Waals surface area (Å²) in [5.74, 6) is -0.163. The van der Waals surface area contributed by atoms with Crippen molar-refractivity contribution in [1.29, 1.82) is 0 Å². The first kappa shape index (κ1) is 28.5. The quantitative estimate of drug-likeness (QED) is 0.455. The molecular formula is C29H38FN5O4. The summed E-state index contributed by atoms with van der Waals surface area (Å²) < 4.78 is 18.7. The topological polar surface area (TPSA) is 103 Å².